The Bertz CT molecular complexity index is 1180. The van der Waals surface area contributed by atoms with E-state index < -0.39 is 38.3 Å². The fourth-order valence-electron chi connectivity index (χ4n) is 2.51. The van der Waals surface area contributed by atoms with Gasteiger partial charge in [0.25, 0.3) is 15.9 Å². The van der Waals surface area contributed by atoms with Gasteiger partial charge in [-0.1, -0.05) is 0 Å². The van der Waals surface area contributed by atoms with E-state index in [1.54, 1.807) is 6.92 Å². The Kier molecular flexibility index (Phi) is 5.60. The summed E-state index contributed by atoms with van der Waals surface area (Å²) in [5.74, 6) is -3.32. The van der Waals surface area contributed by atoms with Gasteiger partial charge in [-0.15, -0.1) is 0 Å². The van der Waals surface area contributed by atoms with Gasteiger partial charge in [0.1, 0.15) is 5.82 Å². The highest BCUT2D eigenvalue weighted by atomic mass is 32.2. The second-order valence-electron chi connectivity index (χ2n) is 6.17. The lowest BCUT2D eigenvalue weighted by molar-refractivity contribution is 0.102. The smallest absolute Gasteiger partial charge is 0.261 e. The highest BCUT2D eigenvalue weighted by Crippen LogP contribution is 2.20. The highest BCUT2D eigenvalue weighted by Gasteiger charge is 2.17. The summed E-state index contributed by atoms with van der Waals surface area (Å²) >= 11 is 0. The van der Waals surface area contributed by atoms with E-state index in [0.29, 0.717) is 17.3 Å². The van der Waals surface area contributed by atoms with Crippen molar-refractivity contribution >= 4 is 27.3 Å². The quantitative estimate of drug-likeness (QED) is 0.640. The minimum atomic E-state index is -4.14. The van der Waals surface area contributed by atoms with Crippen LogP contribution in [0.5, 0.6) is 0 Å². The van der Waals surface area contributed by atoms with Crippen molar-refractivity contribution in [3.8, 4) is 0 Å². The van der Waals surface area contributed by atoms with Crippen molar-refractivity contribution in [2.24, 2.45) is 0 Å². The molecule has 0 heterocycles. The molecule has 5 nitrogen and oxygen atoms in total. The van der Waals surface area contributed by atoms with Gasteiger partial charge in [0.05, 0.1) is 4.90 Å². The predicted octanol–water partition coefficient (Wildman–Crippen LogP) is 4.47. The van der Waals surface area contributed by atoms with E-state index in [4.69, 9.17) is 0 Å². The van der Waals surface area contributed by atoms with Crippen LogP contribution in [0.15, 0.2) is 65.6 Å². The van der Waals surface area contributed by atoms with E-state index in [-0.39, 0.29) is 11.3 Å². The summed E-state index contributed by atoms with van der Waals surface area (Å²) in [5, 5.41) is 2.64. The zero-order valence-corrected chi connectivity index (χ0v) is 15.9. The lowest BCUT2D eigenvalue weighted by Gasteiger charge is -2.10. The van der Waals surface area contributed by atoms with Crippen LogP contribution in [0.1, 0.15) is 15.9 Å². The van der Waals surface area contributed by atoms with Crippen LogP contribution in [-0.4, -0.2) is 14.3 Å². The average molecular weight is 420 g/mol. The van der Waals surface area contributed by atoms with Crippen molar-refractivity contribution in [3.63, 3.8) is 0 Å². The molecule has 2 N–H and O–H groups in total. The summed E-state index contributed by atoms with van der Waals surface area (Å²) in [6.07, 6.45) is 0. The molecule has 0 fully saturated rings. The maximum absolute atomic E-state index is 13.3. The number of carbonyl (C=O) groups excluding carboxylic acids is 1. The van der Waals surface area contributed by atoms with Gasteiger partial charge in [0.15, 0.2) is 11.6 Å². The molecule has 3 aromatic rings. The number of hydrogen-bond donors (Lipinski definition) is 2. The van der Waals surface area contributed by atoms with Crippen molar-refractivity contribution in [1.29, 1.82) is 0 Å². The monoisotopic (exact) mass is 420 g/mol. The molecular weight excluding hydrogens is 405 g/mol. The predicted molar refractivity (Wildman–Crippen MR) is 103 cm³/mol. The Labute approximate surface area is 165 Å². The van der Waals surface area contributed by atoms with Gasteiger partial charge in [0, 0.05) is 16.9 Å². The number of halogens is 3. The number of amides is 1. The number of sulfonamides is 1. The van der Waals surface area contributed by atoms with Crippen LogP contribution in [0.2, 0.25) is 0 Å². The number of benzene rings is 3. The van der Waals surface area contributed by atoms with Crippen molar-refractivity contribution in [1.82, 2.24) is 0 Å². The minimum Gasteiger partial charge on any atom is -0.322 e. The molecule has 0 aliphatic heterocycles. The first kappa shape index (κ1) is 20.4. The Balaban J connectivity index is 1.74. The maximum atomic E-state index is 13.3. The lowest BCUT2D eigenvalue weighted by Crippen LogP contribution is -2.15. The lowest BCUT2D eigenvalue weighted by atomic mass is 10.1. The van der Waals surface area contributed by atoms with E-state index in [0.717, 1.165) is 12.1 Å². The second-order valence-corrected chi connectivity index (χ2v) is 7.85. The van der Waals surface area contributed by atoms with E-state index in [9.17, 15) is 26.4 Å². The fraction of sp³-hybridized carbons (Fsp3) is 0.0500. The summed E-state index contributed by atoms with van der Waals surface area (Å²) in [4.78, 5) is 11.9. The van der Waals surface area contributed by atoms with Crippen molar-refractivity contribution in [2.75, 3.05) is 10.0 Å². The molecule has 0 spiro atoms. The molecule has 0 bridgehead atoms. The third-order valence-electron chi connectivity index (χ3n) is 4.04. The molecule has 0 aliphatic rings. The third kappa shape index (κ3) is 4.75. The maximum Gasteiger partial charge on any atom is 0.261 e. The molecule has 29 heavy (non-hydrogen) atoms. The zero-order valence-electron chi connectivity index (χ0n) is 15.0. The Morgan fingerprint density at radius 1 is 0.862 bits per heavy atom. The molecule has 0 unspecified atom stereocenters. The van der Waals surface area contributed by atoms with Crippen LogP contribution in [0.4, 0.5) is 24.5 Å². The van der Waals surface area contributed by atoms with Crippen molar-refractivity contribution in [2.45, 2.75) is 11.8 Å². The van der Waals surface area contributed by atoms with E-state index in [1.807, 2.05) is 0 Å². The van der Waals surface area contributed by atoms with Gasteiger partial charge >= 0.3 is 0 Å². The highest BCUT2D eigenvalue weighted by molar-refractivity contribution is 7.92. The van der Waals surface area contributed by atoms with Crippen molar-refractivity contribution in [3.05, 3.63) is 89.2 Å². The zero-order chi connectivity index (χ0) is 21.2. The van der Waals surface area contributed by atoms with Crippen LogP contribution in [0.25, 0.3) is 0 Å². The third-order valence-corrected chi connectivity index (χ3v) is 5.42. The molecule has 9 heteroatoms. The molecule has 3 rings (SSSR count). The molecule has 3 aromatic carbocycles. The standard InChI is InChI=1S/C20H15F3N2O3S/c1-12-10-14(21)4-9-19(12)24-20(26)13-2-5-15(6-3-13)25-29(27,28)16-7-8-17(22)18(23)11-16/h2-11,25H,1H3,(H,24,26). The Morgan fingerprint density at radius 3 is 2.17 bits per heavy atom. The molecule has 0 saturated heterocycles. The van der Waals surface area contributed by atoms with Crippen LogP contribution in [0.3, 0.4) is 0 Å². The summed E-state index contributed by atoms with van der Waals surface area (Å²) in [7, 11) is -4.14. The first-order valence-corrected chi connectivity index (χ1v) is 9.79. The molecule has 150 valence electrons. The molecule has 0 atom stereocenters. The molecule has 0 radical (unpaired) electrons. The number of nitrogens with one attached hydrogen (secondary N) is 2. The van der Waals surface area contributed by atoms with Crippen LogP contribution >= 0.6 is 0 Å². The summed E-state index contributed by atoms with van der Waals surface area (Å²) < 4.78 is 66.2. The Hall–Kier alpha value is -3.33. The number of hydrogen-bond acceptors (Lipinski definition) is 3. The van der Waals surface area contributed by atoms with Crippen LogP contribution in [-0.2, 0) is 10.0 Å². The van der Waals surface area contributed by atoms with E-state index in [1.165, 1.54) is 42.5 Å². The van der Waals surface area contributed by atoms with Gasteiger partial charge in [0.2, 0.25) is 0 Å². The molecular formula is C20H15F3N2O3S. The normalized spacial score (nSPS) is 11.2. The SMILES string of the molecule is Cc1cc(F)ccc1NC(=O)c1ccc(NS(=O)(=O)c2ccc(F)c(F)c2)cc1. The number of aryl methyl sites for hydroxylation is 1. The average Bonchev–Trinajstić information content (AvgIpc) is 2.66. The number of carbonyl (C=O) groups is 1. The van der Waals surface area contributed by atoms with Gasteiger partial charge in [-0.2, -0.15) is 0 Å². The Morgan fingerprint density at radius 2 is 1.55 bits per heavy atom. The van der Waals surface area contributed by atoms with Crippen molar-refractivity contribution < 1.29 is 26.4 Å². The second kappa shape index (κ2) is 7.96. The van der Waals surface area contributed by atoms with Gasteiger partial charge in [-0.25, -0.2) is 21.6 Å². The molecule has 0 aromatic heterocycles. The number of anilines is 2. The molecule has 0 aliphatic carbocycles. The first-order chi connectivity index (χ1) is 13.7. The topological polar surface area (TPSA) is 75.3 Å². The van der Waals surface area contributed by atoms with Gasteiger partial charge < -0.3 is 5.32 Å². The van der Waals surface area contributed by atoms with Crippen LogP contribution in [0, 0.1) is 24.4 Å². The summed E-state index contributed by atoms with van der Waals surface area (Å²) in [5.41, 5.74) is 1.36. The number of rotatable bonds is 5. The van der Waals surface area contributed by atoms with E-state index in [2.05, 4.69) is 10.0 Å². The van der Waals surface area contributed by atoms with Gasteiger partial charge in [-0.3, -0.25) is 9.52 Å². The summed E-state index contributed by atoms with van der Waals surface area (Å²) in [6.45, 7) is 1.65. The molecule has 0 saturated carbocycles. The first-order valence-electron chi connectivity index (χ1n) is 8.31. The van der Waals surface area contributed by atoms with E-state index >= 15 is 0 Å². The fourth-order valence-corrected chi connectivity index (χ4v) is 3.58. The minimum absolute atomic E-state index is 0.129. The van der Waals surface area contributed by atoms with Crippen LogP contribution < -0.4 is 10.0 Å². The largest absolute Gasteiger partial charge is 0.322 e. The summed E-state index contributed by atoms with van der Waals surface area (Å²) in [6, 6.07) is 11.6. The van der Waals surface area contributed by atoms with Gasteiger partial charge in [-0.05, 0) is 73.2 Å². The molecule has 1 amide bonds.